The van der Waals surface area contributed by atoms with Gasteiger partial charge >= 0.3 is 0 Å². The van der Waals surface area contributed by atoms with Crippen molar-refractivity contribution in [2.75, 3.05) is 18.0 Å². The maximum absolute atomic E-state index is 13.2. The number of anilines is 1. The van der Waals surface area contributed by atoms with E-state index in [9.17, 15) is 9.18 Å². The van der Waals surface area contributed by atoms with E-state index in [2.05, 4.69) is 0 Å². The summed E-state index contributed by atoms with van der Waals surface area (Å²) in [7, 11) is 0. The molecule has 1 aliphatic heterocycles. The Bertz CT molecular complexity index is 338. The third kappa shape index (κ3) is 1.30. The zero-order valence-electron chi connectivity index (χ0n) is 7.16. The molecule has 68 valence electrons. The van der Waals surface area contributed by atoms with Gasteiger partial charge in [0.25, 0.3) is 0 Å². The van der Waals surface area contributed by atoms with Crippen LogP contribution < -0.4 is 4.90 Å². The van der Waals surface area contributed by atoms with Crippen LogP contribution in [0, 0.1) is 5.82 Å². The van der Waals surface area contributed by atoms with Crippen LogP contribution in [0.1, 0.15) is 5.56 Å². The lowest BCUT2D eigenvalue weighted by Gasteiger charge is -2.15. The monoisotopic (exact) mass is 179 g/mol. The van der Waals surface area contributed by atoms with Gasteiger partial charge in [-0.25, -0.2) is 4.39 Å². The molecule has 0 saturated carbocycles. The Balaban J connectivity index is 2.37. The van der Waals surface area contributed by atoms with Crippen LogP contribution in [0.25, 0.3) is 0 Å². The molecule has 1 aliphatic rings. The van der Waals surface area contributed by atoms with Gasteiger partial charge in [-0.1, -0.05) is 6.07 Å². The summed E-state index contributed by atoms with van der Waals surface area (Å²) >= 11 is 0. The predicted molar refractivity (Wildman–Crippen MR) is 48.4 cm³/mol. The van der Waals surface area contributed by atoms with E-state index in [4.69, 9.17) is 0 Å². The van der Waals surface area contributed by atoms with Crippen LogP contribution in [0.5, 0.6) is 0 Å². The molecule has 1 aromatic carbocycles. The molecule has 1 aromatic rings. The first-order chi connectivity index (χ1) is 6.33. The predicted octanol–water partition coefficient (Wildman–Crippen LogP) is 1.39. The minimum atomic E-state index is -0.161. The summed E-state index contributed by atoms with van der Waals surface area (Å²) in [5.41, 5.74) is 1.61. The average Bonchev–Trinajstić information content (AvgIpc) is 2.51. The number of fused-ring (bicyclic) bond motifs is 1. The van der Waals surface area contributed by atoms with Crippen molar-refractivity contribution in [3.63, 3.8) is 0 Å². The van der Waals surface area contributed by atoms with Gasteiger partial charge in [-0.2, -0.15) is 0 Å². The molecule has 0 aliphatic carbocycles. The average molecular weight is 179 g/mol. The van der Waals surface area contributed by atoms with E-state index < -0.39 is 0 Å². The quantitative estimate of drug-likeness (QED) is 0.639. The van der Waals surface area contributed by atoms with Crippen LogP contribution in [-0.2, 0) is 11.2 Å². The summed E-state index contributed by atoms with van der Waals surface area (Å²) in [5, 5.41) is 0. The second kappa shape index (κ2) is 3.17. The SMILES string of the molecule is O=CCN1CCc2c(F)cccc21. The molecule has 0 saturated heterocycles. The Morgan fingerprint density at radius 3 is 3.15 bits per heavy atom. The van der Waals surface area contributed by atoms with Crippen molar-refractivity contribution in [3.05, 3.63) is 29.6 Å². The third-order valence-corrected chi connectivity index (χ3v) is 2.36. The lowest BCUT2D eigenvalue weighted by atomic mass is 10.1. The Morgan fingerprint density at radius 1 is 1.54 bits per heavy atom. The van der Waals surface area contributed by atoms with E-state index in [0.29, 0.717) is 13.0 Å². The van der Waals surface area contributed by atoms with E-state index >= 15 is 0 Å². The van der Waals surface area contributed by atoms with Gasteiger partial charge in [0.05, 0.1) is 6.54 Å². The second-order valence-electron chi connectivity index (χ2n) is 3.10. The molecule has 0 unspecified atom stereocenters. The van der Waals surface area contributed by atoms with E-state index in [1.165, 1.54) is 6.07 Å². The molecular formula is C10H10FNO. The van der Waals surface area contributed by atoms with Crippen molar-refractivity contribution >= 4 is 12.0 Å². The number of halogens is 1. The maximum Gasteiger partial charge on any atom is 0.139 e. The lowest BCUT2D eigenvalue weighted by Crippen LogP contribution is -2.22. The van der Waals surface area contributed by atoms with Crippen molar-refractivity contribution < 1.29 is 9.18 Å². The molecule has 0 fully saturated rings. The number of nitrogens with zero attached hydrogens (tertiary/aromatic N) is 1. The fourth-order valence-electron chi connectivity index (χ4n) is 1.74. The molecule has 0 N–H and O–H groups in total. The van der Waals surface area contributed by atoms with Gasteiger partial charge in [-0.05, 0) is 18.6 Å². The van der Waals surface area contributed by atoms with Gasteiger partial charge in [0.15, 0.2) is 0 Å². The molecule has 0 amide bonds. The van der Waals surface area contributed by atoms with Gasteiger partial charge in [-0.15, -0.1) is 0 Å². The highest BCUT2D eigenvalue weighted by atomic mass is 19.1. The Labute approximate surface area is 76.0 Å². The fourth-order valence-corrected chi connectivity index (χ4v) is 1.74. The molecule has 0 atom stereocenters. The summed E-state index contributed by atoms with van der Waals surface area (Å²) in [6.07, 6.45) is 1.55. The van der Waals surface area contributed by atoms with E-state index in [1.807, 2.05) is 11.0 Å². The van der Waals surface area contributed by atoms with Crippen molar-refractivity contribution in [2.45, 2.75) is 6.42 Å². The molecule has 0 spiro atoms. The zero-order chi connectivity index (χ0) is 9.26. The number of carbonyl (C=O) groups excluding carboxylic acids is 1. The highest BCUT2D eigenvalue weighted by Crippen LogP contribution is 2.28. The first kappa shape index (κ1) is 8.23. The molecule has 1 heterocycles. The normalized spacial score (nSPS) is 14.4. The van der Waals surface area contributed by atoms with Crippen molar-refractivity contribution in [2.24, 2.45) is 0 Å². The van der Waals surface area contributed by atoms with E-state index in [1.54, 1.807) is 6.07 Å². The number of carbonyl (C=O) groups is 1. The zero-order valence-corrected chi connectivity index (χ0v) is 7.16. The molecule has 2 nitrogen and oxygen atoms in total. The number of aldehydes is 1. The Morgan fingerprint density at radius 2 is 2.38 bits per heavy atom. The standard InChI is InChI=1S/C10H10FNO/c11-9-2-1-3-10-8(9)4-5-12(10)6-7-13/h1-3,7H,4-6H2. The third-order valence-electron chi connectivity index (χ3n) is 2.36. The summed E-state index contributed by atoms with van der Waals surface area (Å²) in [6, 6.07) is 5.00. The van der Waals surface area contributed by atoms with E-state index in [0.717, 1.165) is 24.1 Å². The topological polar surface area (TPSA) is 20.3 Å². The summed E-state index contributed by atoms with van der Waals surface area (Å²) in [5.74, 6) is -0.161. The van der Waals surface area contributed by atoms with Crippen molar-refractivity contribution in [3.8, 4) is 0 Å². The van der Waals surface area contributed by atoms with Gasteiger partial charge in [0.2, 0.25) is 0 Å². The number of benzene rings is 1. The van der Waals surface area contributed by atoms with Gasteiger partial charge in [0.1, 0.15) is 12.1 Å². The van der Waals surface area contributed by atoms with Crippen LogP contribution in [-0.4, -0.2) is 19.4 Å². The maximum atomic E-state index is 13.2. The highest BCUT2D eigenvalue weighted by Gasteiger charge is 2.20. The lowest BCUT2D eigenvalue weighted by molar-refractivity contribution is -0.106. The van der Waals surface area contributed by atoms with Crippen LogP contribution in [0.4, 0.5) is 10.1 Å². The first-order valence-electron chi connectivity index (χ1n) is 4.29. The van der Waals surface area contributed by atoms with E-state index in [-0.39, 0.29) is 5.82 Å². The summed E-state index contributed by atoms with van der Waals surface area (Å²) < 4.78 is 13.2. The number of rotatable bonds is 2. The molecule has 0 bridgehead atoms. The Kier molecular flexibility index (Phi) is 2.00. The smallest absolute Gasteiger partial charge is 0.139 e. The number of hydrogen-bond donors (Lipinski definition) is 0. The molecule has 0 aromatic heterocycles. The van der Waals surface area contributed by atoms with Crippen LogP contribution in [0.15, 0.2) is 18.2 Å². The van der Waals surface area contributed by atoms with Crippen molar-refractivity contribution in [1.29, 1.82) is 0 Å². The molecule has 0 radical (unpaired) electrons. The highest BCUT2D eigenvalue weighted by molar-refractivity contribution is 5.66. The van der Waals surface area contributed by atoms with Crippen LogP contribution >= 0.6 is 0 Å². The first-order valence-corrected chi connectivity index (χ1v) is 4.29. The van der Waals surface area contributed by atoms with Gasteiger partial charge < -0.3 is 9.69 Å². The minimum absolute atomic E-state index is 0.161. The Hall–Kier alpha value is -1.38. The van der Waals surface area contributed by atoms with Crippen LogP contribution in [0.2, 0.25) is 0 Å². The number of hydrogen-bond acceptors (Lipinski definition) is 2. The molecule has 3 heteroatoms. The van der Waals surface area contributed by atoms with Crippen LogP contribution in [0.3, 0.4) is 0 Å². The molecule has 2 rings (SSSR count). The summed E-state index contributed by atoms with van der Waals surface area (Å²) in [6.45, 7) is 1.10. The largest absolute Gasteiger partial charge is 0.364 e. The second-order valence-corrected chi connectivity index (χ2v) is 3.10. The molecular weight excluding hydrogens is 169 g/mol. The summed E-state index contributed by atoms with van der Waals surface area (Å²) in [4.78, 5) is 12.2. The van der Waals surface area contributed by atoms with Gasteiger partial charge in [-0.3, -0.25) is 0 Å². The van der Waals surface area contributed by atoms with Crippen molar-refractivity contribution in [1.82, 2.24) is 0 Å². The molecule has 13 heavy (non-hydrogen) atoms. The minimum Gasteiger partial charge on any atom is -0.364 e. The fraction of sp³-hybridized carbons (Fsp3) is 0.300. The van der Waals surface area contributed by atoms with Gasteiger partial charge in [0, 0.05) is 17.8 Å².